The van der Waals surface area contributed by atoms with E-state index >= 15 is 0 Å². The molecule has 2 aromatic heterocycles. The first-order valence-electron chi connectivity index (χ1n) is 5.82. The molecule has 2 rings (SSSR count). The van der Waals surface area contributed by atoms with Crippen molar-refractivity contribution in [3.63, 3.8) is 0 Å². The van der Waals surface area contributed by atoms with Crippen LogP contribution in [0.5, 0.6) is 0 Å². The number of rotatable bonds is 6. The van der Waals surface area contributed by atoms with Crippen molar-refractivity contribution in [3.05, 3.63) is 38.2 Å². The van der Waals surface area contributed by atoms with E-state index in [1.807, 2.05) is 22.2 Å². The fourth-order valence-electron chi connectivity index (χ4n) is 1.83. The van der Waals surface area contributed by atoms with Crippen LogP contribution in [0.2, 0.25) is 0 Å². The summed E-state index contributed by atoms with van der Waals surface area (Å²) in [7, 11) is -3.46. The van der Waals surface area contributed by atoms with Gasteiger partial charge in [0, 0.05) is 18.0 Å². The summed E-state index contributed by atoms with van der Waals surface area (Å²) in [5.41, 5.74) is 7.49. The summed E-state index contributed by atoms with van der Waals surface area (Å²) in [5.74, 6) is 0. The minimum atomic E-state index is -3.46. The Bertz CT molecular complexity index is 630. The van der Waals surface area contributed by atoms with Gasteiger partial charge >= 0.3 is 0 Å². The average Bonchev–Trinajstić information content (AvgIpc) is 2.98. The summed E-state index contributed by atoms with van der Waals surface area (Å²) in [5, 5.41) is 5.84. The molecule has 2 heterocycles. The molecule has 0 bridgehead atoms. The molecule has 0 saturated carbocycles. The summed E-state index contributed by atoms with van der Waals surface area (Å²) >= 11 is 3.00. The quantitative estimate of drug-likeness (QED) is 0.857. The SMILES string of the molecule is Cc1csc(CN)c1S(=O)(=O)NCCc1ccsc1. The third-order valence-corrected chi connectivity index (χ3v) is 6.41. The molecule has 0 spiro atoms. The summed E-state index contributed by atoms with van der Waals surface area (Å²) in [6.07, 6.45) is 0.698. The highest BCUT2D eigenvalue weighted by Gasteiger charge is 2.21. The summed E-state index contributed by atoms with van der Waals surface area (Å²) in [6, 6.07) is 2.00. The Morgan fingerprint density at radius 3 is 2.79 bits per heavy atom. The lowest BCUT2D eigenvalue weighted by Gasteiger charge is -2.08. The van der Waals surface area contributed by atoms with E-state index in [1.54, 1.807) is 18.3 Å². The normalized spacial score (nSPS) is 11.9. The molecule has 0 atom stereocenters. The molecule has 0 aromatic carbocycles. The molecule has 0 aliphatic rings. The smallest absolute Gasteiger partial charge is 0.241 e. The van der Waals surface area contributed by atoms with Crippen molar-refractivity contribution in [1.29, 1.82) is 0 Å². The lowest BCUT2D eigenvalue weighted by molar-refractivity contribution is 0.580. The van der Waals surface area contributed by atoms with Crippen LogP contribution in [0.25, 0.3) is 0 Å². The van der Waals surface area contributed by atoms with E-state index in [0.29, 0.717) is 22.7 Å². The number of nitrogens with two attached hydrogens (primary N) is 1. The first-order chi connectivity index (χ1) is 9.04. The minimum Gasteiger partial charge on any atom is -0.326 e. The number of hydrogen-bond donors (Lipinski definition) is 2. The highest BCUT2D eigenvalue weighted by molar-refractivity contribution is 7.89. The predicted octanol–water partition coefficient (Wildman–Crippen LogP) is 2.10. The molecule has 0 saturated heterocycles. The lowest BCUT2D eigenvalue weighted by atomic mass is 10.2. The molecule has 3 N–H and O–H groups in total. The number of nitrogens with one attached hydrogen (secondary N) is 1. The first-order valence-corrected chi connectivity index (χ1v) is 9.13. The van der Waals surface area contributed by atoms with Crippen molar-refractivity contribution in [2.24, 2.45) is 5.73 Å². The Morgan fingerprint density at radius 1 is 1.37 bits per heavy atom. The van der Waals surface area contributed by atoms with Crippen molar-refractivity contribution in [2.45, 2.75) is 24.8 Å². The first kappa shape index (κ1) is 14.7. The topological polar surface area (TPSA) is 72.2 Å². The van der Waals surface area contributed by atoms with Crippen molar-refractivity contribution in [1.82, 2.24) is 4.72 Å². The monoisotopic (exact) mass is 316 g/mol. The van der Waals surface area contributed by atoms with E-state index in [9.17, 15) is 8.42 Å². The average molecular weight is 316 g/mol. The molecule has 0 amide bonds. The Balaban J connectivity index is 2.07. The molecule has 0 aliphatic heterocycles. The van der Waals surface area contributed by atoms with Crippen LogP contribution in [-0.2, 0) is 23.0 Å². The molecule has 104 valence electrons. The van der Waals surface area contributed by atoms with Crippen LogP contribution < -0.4 is 10.5 Å². The fourth-order valence-corrected chi connectivity index (χ4v) is 5.26. The predicted molar refractivity (Wildman–Crippen MR) is 80.2 cm³/mol. The summed E-state index contributed by atoms with van der Waals surface area (Å²) in [6.45, 7) is 2.45. The van der Waals surface area contributed by atoms with Gasteiger partial charge in [0.25, 0.3) is 0 Å². The molecule has 0 fully saturated rings. The third-order valence-electron chi connectivity index (χ3n) is 2.73. The summed E-state index contributed by atoms with van der Waals surface area (Å²) in [4.78, 5) is 1.06. The van der Waals surface area contributed by atoms with Gasteiger partial charge in [-0.25, -0.2) is 13.1 Å². The molecule has 0 radical (unpaired) electrons. The molecule has 19 heavy (non-hydrogen) atoms. The van der Waals surface area contributed by atoms with Crippen LogP contribution in [0.15, 0.2) is 27.1 Å². The number of aryl methyl sites for hydroxylation is 1. The number of thiophene rings is 2. The van der Waals surface area contributed by atoms with Crippen LogP contribution in [0, 0.1) is 6.92 Å². The van der Waals surface area contributed by atoms with Crippen LogP contribution in [0.1, 0.15) is 16.0 Å². The van der Waals surface area contributed by atoms with E-state index < -0.39 is 10.0 Å². The van der Waals surface area contributed by atoms with Gasteiger partial charge in [-0.15, -0.1) is 11.3 Å². The second-order valence-electron chi connectivity index (χ2n) is 4.15. The zero-order chi connectivity index (χ0) is 13.9. The van der Waals surface area contributed by atoms with Crippen molar-refractivity contribution in [2.75, 3.05) is 6.54 Å². The Hall–Kier alpha value is -0.730. The van der Waals surface area contributed by atoms with Gasteiger partial charge in [0.1, 0.15) is 4.90 Å². The fraction of sp³-hybridized carbons (Fsp3) is 0.333. The van der Waals surface area contributed by atoms with Crippen molar-refractivity contribution >= 4 is 32.7 Å². The molecular formula is C12H16N2O2S3. The maximum Gasteiger partial charge on any atom is 0.241 e. The second kappa shape index (κ2) is 6.15. The molecule has 0 aliphatic carbocycles. The van der Waals surface area contributed by atoms with E-state index in [1.165, 1.54) is 11.3 Å². The highest BCUT2D eigenvalue weighted by atomic mass is 32.2. The Kier molecular flexibility index (Phi) is 4.75. The van der Waals surface area contributed by atoms with Gasteiger partial charge in [0.05, 0.1) is 0 Å². The molecule has 7 heteroatoms. The minimum absolute atomic E-state index is 0.249. The number of hydrogen-bond acceptors (Lipinski definition) is 5. The van der Waals surface area contributed by atoms with Crippen molar-refractivity contribution < 1.29 is 8.42 Å². The van der Waals surface area contributed by atoms with E-state index in [0.717, 1.165) is 11.1 Å². The van der Waals surface area contributed by atoms with Crippen LogP contribution in [-0.4, -0.2) is 15.0 Å². The van der Waals surface area contributed by atoms with Gasteiger partial charge in [-0.05, 0) is 46.7 Å². The van der Waals surface area contributed by atoms with Crippen LogP contribution in [0.4, 0.5) is 0 Å². The van der Waals surface area contributed by atoms with Gasteiger partial charge in [-0.3, -0.25) is 0 Å². The third kappa shape index (κ3) is 3.43. The van der Waals surface area contributed by atoms with Gasteiger partial charge in [-0.1, -0.05) is 0 Å². The lowest BCUT2D eigenvalue weighted by Crippen LogP contribution is -2.27. The van der Waals surface area contributed by atoms with E-state index in [4.69, 9.17) is 5.73 Å². The highest BCUT2D eigenvalue weighted by Crippen LogP contribution is 2.26. The van der Waals surface area contributed by atoms with Crippen LogP contribution >= 0.6 is 22.7 Å². The Morgan fingerprint density at radius 2 is 2.16 bits per heavy atom. The standard InChI is InChI=1S/C12H16N2O2S3/c1-9-7-18-11(6-13)12(9)19(15,16)14-4-2-10-3-5-17-8-10/h3,5,7-8,14H,2,4,6,13H2,1H3. The maximum atomic E-state index is 12.3. The van der Waals surface area contributed by atoms with Crippen LogP contribution in [0.3, 0.4) is 0 Å². The zero-order valence-corrected chi connectivity index (χ0v) is 13.0. The Labute approximate surface area is 121 Å². The van der Waals surface area contributed by atoms with E-state index in [2.05, 4.69) is 4.72 Å². The zero-order valence-electron chi connectivity index (χ0n) is 10.5. The van der Waals surface area contributed by atoms with Gasteiger partial charge in [0.2, 0.25) is 10.0 Å². The molecule has 2 aromatic rings. The maximum absolute atomic E-state index is 12.3. The van der Waals surface area contributed by atoms with Crippen molar-refractivity contribution in [3.8, 4) is 0 Å². The second-order valence-corrected chi connectivity index (χ2v) is 7.60. The summed E-state index contributed by atoms with van der Waals surface area (Å²) < 4.78 is 27.2. The van der Waals surface area contributed by atoms with Gasteiger partial charge < -0.3 is 5.73 Å². The van der Waals surface area contributed by atoms with E-state index in [-0.39, 0.29) is 6.54 Å². The largest absolute Gasteiger partial charge is 0.326 e. The van der Waals surface area contributed by atoms with Gasteiger partial charge in [0.15, 0.2) is 0 Å². The van der Waals surface area contributed by atoms with Gasteiger partial charge in [-0.2, -0.15) is 11.3 Å². The molecule has 4 nitrogen and oxygen atoms in total. The number of sulfonamides is 1. The molecular weight excluding hydrogens is 300 g/mol. The molecule has 0 unspecified atom stereocenters.